The van der Waals surface area contributed by atoms with Crippen molar-refractivity contribution in [3.8, 4) is 5.75 Å². The Morgan fingerprint density at radius 3 is 1.78 bits per heavy atom. The molecule has 1 N–H and O–H groups in total. The molecule has 5 heteroatoms. The summed E-state index contributed by atoms with van der Waals surface area (Å²) in [6.07, 6.45) is -1.70. The Balaban J connectivity index is 1.96. The second kappa shape index (κ2) is 8.10. The molecule has 134 valence electrons. The Labute approximate surface area is 155 Å². The van der Waals surface area contributed by atoms with Crippen LogP contribution in [0.15, 0.2) is 84.9 Å². The van der Waals surface area contributed by atoms with Crippen molar-refractivity contribution in [1.82, 2.24) is 0 Å². The number of para-hydroxylation sites is 1. The molecule has 0 bridgehead atoms. The van der Waals surface area contributed by atoms with Crippen molar-refractivity contribution in [1.29, 1.82) is 0 Å². The average Bonchev–Trinajstić information content (AvgIpc) is 2.72. The van der Waals surface area contributed by atoms with E-state index in [0.717, 1.165) is 0 Å². The van der Waals surface area contributed by atoms with Crippen molar-refractivity contribution in [3.63, 3.8) is 0 Å². The second-order valence-corrected chi connectivity index (χ2v) is 5.76. The van der Waals surface area contributed by atoms with Gasteiger partial charge >= 0.3 is 5.97 Å². The molecule has 0 aliphatic carbocycles. The van der Waals surface area contributed by atoms with E-state index in [1.165, 1.54) is 36.4 Å². The Morgan fingerprint density at radius 2 is 1.19 bits per heavy atom. The van der Waals surface area contributed by atoms with Gasteiger partial charge in [-0.3, -0.25) is 9.59 Å². The SMILES string of the molecule is O=C(OC(C(=O)c1ccccc1)C(=O)c1ccccc1O)c1ccccc1. The van der Waals surface area contributed by atoms with Gasteiger partial charge in [-0.2, -0.15) is 0 Å². The van der Waals surface area contributed by atoms with Crippen molar-refractivity contribution in [2.45, 2.75) is 6.10 Å². The number of carbonyl (C=O) groups excluding carboxylic acids is 3. The standard InChI is InChI=1S/C22H16O5/c23-18-14-8-7-13-17(18)20(25)21(19(24)15-9-3-1-4-10-15)27-22(26)16-11-5-2-6-12-16/h1-14,21,23H. The van der Waals surface area contributed by atoms with Crippen LogP contribution >= 0.6 is 0 Å². The molecule has 0 heterocycles. The van der Waals surface area contributed by atoms with Crippen LogP contribution in [0.4, 0.5) is 0 Å². The molecular weight excluding hydrogens is 344 g/mol. The van der Waals surface area contributed by atoms with Gasteiger partial charge in [0.05, 0.1) is 11.1 Å². The maximum Gasteiger partial charge on any atom is 0.339 e. The number of Topliss-reactive ketones (excluding diaryl/α,β-unsaturated/α-hetero) is 2. The number of hydrogen-bond acceptors (Lipinski definition) is 5. The highest BCUT2D eigenvalue weighted by atomic mass is 16.5. The number of phenolic OH excluding ortho intramolecular Hbond substituents is 1. The lowest BCUT2D eigenvalue weighted by atomic mass is 9.98. The van der Waals surface area contributed by atoms with E-state index in [2.05, 4.69) is 0 Å². The number of carbonyl (C=O) groups is 3. The van der Waals surface area contributed by atoms with E-state index < -0.39 is 23.6 Å². The molecule has 0 saturated carbocycles. The number of ether oxygens (including phenoxy) is 1. The molecule has 0 saturated heterocycles. The summed E-state index contributed by atoms with van der Waals surface area (Å²) in [7, 11) is 0. The summed E-state index contributed by atoms with van der Waals surface area (Å²) in [5, 5.41) is 9.96. The summed E-state index contributed by atoms with van der Waals surface area (Å²) in [5.74, 6) is -2.53. The molecule has 1 unspecified atom stereocenters. The fourth-order valence-electron chi connectivity index (χ4n) is 2.55. The van der Waals surface area contributed by atoms with E-state index in [1.54, 1.807) is 48.5 Å². The van der Waals surface area contributed by atoms with Gasteiger partial charge in [-0.1, -0.05) is 60.7 Å². The summed E-state index contributed by atoms with van der Waals surface area (Å²) < 4.78 is 5.27. The smallest absolute Gasteiger partial charge is 0.339 e. The molecule has 5 nitrogen and oxygen atoms in total. The van der Waals surface area contributed by atoms with E-state index >= 15 is 0 Å². The van der Waals surface area contributed by atoms with E-state index in [9.17, 15) is 19.5 Å². The maximum absolute atomic E-state index is 12.9. The van der Waals surface area contributed by atoms with Gasteiger partial charge in [0.2, 0.25) is 17.7 Å². The lowest BCUT2D eigenvalue weighted by molar-refractivity contribution is 0.0273. The van der Waals surface area contributed by atoms with Crippen molar-refractivity contribution in [3.05, 3.63) is 102 Å². The van der Waals surface area contributed by atoms with Crippen LogP contribution in [0.2, 0.25) is 0 Å². The summed E-state index contributed by atoms with van der Waals surface area (Å²) in [4.78, 5) is 38.2. The number of aromatic hydroxyl groups is 1. The number of rotatable bonds is 6. The molecule has 27 heavy (non-hydrogen) atoms. The molecule has 3 aromatic rings. The number of esters is 1. The molecule has 0 amide bonds. The summed E-state index contributed by atoms with van der Waals surface area (Å²) >= 11 is 0. The molecule has 0 aromatic heterocycles. The van der Waals surface area contributed by atoms with Crippen molar-refractivity contribution in [2.24, 2.45) is 0 Å². The molecule has 0 radical (unpaired) electrons. The third-order valence-corrected chi connectivity index (χ3v) is 3.94. The Kier molecular flexibility index (Phi) is 5.42. The third kappa shape index (κ3) is 4.10. The van der Waals surface area contributed by atoms with E-state index in [-0.39, 0.29) is 22.4 Å². The highest BCUT2D eigenvalue weighted by Gasteiger charge is 2.33. The first-order valence-corrected chi connectivity index (χ1v) is 8.25. The minimum atomic E-state index is -1.70. The summed E-state index contributed by atoms with van der Waals surface area (Å²) in [6.45, 7) is 0. The van der Waals surface area contributed by atoms with Crippen LogP contribution in [0.5, 0.6) is 5.75 Å². The zero-order chi connectivity index (χ0) is 19.2. The first kappa shape index (κ1) is 18.1. The molecular formula is C22H16O5. The van der Waals surface area contributed by atoms with Crippen LogP contribution in [0.3, 0.4) is 0 Å². The largest absolute Gasteiger partial charge is 0.507 e. The van der Waals surface area contributed by atoms with Gasteiger partial charge < -0.3 is 9.84 Å². The van der Waals surface area contributed by atoms with Gasteiger partial charge in [0.1, 0.15) is 5.75 Å². The average molecular weight is 360 g/mol. The summed E-state index contributed by atoms with van der Waals surface area (Å²) in [6, 6.07) is 22.0. The monoisotopic (exact) mass is 360 g/mol. The molecule has 0 fully saturated rings. The number of benzene rings is 3. The van der Waals surface area contributed by atoms with Crippen molar-refractivity contribution in [2.75, 3.05) is 0 Å². The van der Waals surface area contributed by atoms with Gasteiger partial charge in [0, 0.05) is 5.56 Å². The van der Waals surface area contributed by atoms with Crippen LogP contribution in [0.25, 0.3) is 0 Å². The van der Waals surface area contributed by atoms with Gasteiger partial charge in [-0.15, -0.1) is 0 Å². The molecule has 1 atom stereocenters. The molecule has 0 aliphatic heterocycles. The summed E-state index contributed by atoms with van der Waals surface area (Å²) in [5.41, 5.74) is 0.355. The molecule has 0 spiro atoms. The van der Waals surface area contributed by atoms with Crippen LogP contribution in [0.1, 0.15) is 31.1 Å². The van der Waals surface area contributed by atoms with Crippen LogP contribution in [-0.4, -0.2) is 28.7 Å². The van der Waals surface area contributed by atoms with E-state index in [4.69, 9.17) is 4.74 Å². The molecule has 0 aliphatic rings. The third-order valence-electron chi connectivity index (χ3n) is 3.94. The van der Waals surface area contributed by atoms with Crippen LogP contribution in [-0.2, 0) is 4.74 Å². The quantitative estimate of drug-likeness (QED) is 0.412. The Hall–Kier alpha value is -3.73. The second-order valence-electron chi connectivity index (χ2n) is 5.76. The van der Waals surface area contributed by atoms with Gasteiger partial charge in [-0.05, 0) is 24.3 Å². The van der Waals surface area contributed by atoms with Crippen LogP contribution < -0.4 is 0 Å². The fraction of sp³-hybridized carbons (Fsp3) is 0.0455. The van der Waals surface area contributed by atoms with E-state index in [0.29, 0.717) is 0 Å². The Bertz CT molecular complexity index is 964. The topological polar surface area (TPSA) is 80.7 Å². The number of phenols is 1. The number of hydrogen-bond donors (Lipinski definition) is 1. The van der Waals surface area contributed by atoms with Gasteiger partial charge in [-0.25, -0.2) is 4.79 Å². The molecule has 3 rings (SSSR count). The normalized spacial score (nSPS) is 11.4. The molecule has 3 aromatic carbocycles. The Morgan fingerprint density at radius 1 is 0.667 bits per heavy atom. The first-order valence-electron chi connectivity index (χ1n) is 8.25. The zero-order valence-electron chi connectivity index (χ0n) is 14.2. The van der Waals surface area contributed by atoms with Crippen molar-refractivity contribution < 1.29 is 24.2 Å². The van der Waals surface area contributed by atoms with Crippen LogP contribution in [0, 0.1) is 0 Å². The van der Waals surface area contributed by atoms with E-state index in [1.807, 2.05) is 0 Å². The van der Waals surface area contributed by atoms with Gasteiger partial charge in [0.25, 0.3) is 0 Å². The number of ketones is 2. The highest BCUT2D eigenvalue weighted by Crippen LogP contribution is 2.21. The lowest BCUT2D eigenvalue weighted by Gasteiger charge is -2.16. The highest BCUT2D eigenvalue weighted by molar-refractivity contribution is 6.20. The van der Waals surface area contributed by atoms with Crippen molar-refractivity contribution >= 4 is 17.5 Å². The minimum absolute atomic E-state index is 0.0901. The predicted molar refractivity (Wildman–Crippen MR) is 98.9 cm³/mol. The minimum Gasteiger partial charge on any atom is -0.507 e. The zero-order valence-corrected chi connectivity index (χ0v) is 14.2. The predicted octanol–water partition coefficient (Wildman–Crippen LogP) is 3.68. The maximum atomic E-state index is 12.9. The fourth-order valence-corrected chi connectivity index (χ4v) is 2.55. The first-order chi connectivity index (χ1) is 13.1. The van der Waals surface area contributed by atoms with Gasteiger partial charge in [0.15, 0.2) is 0 Å². The lowest BCUT2D eigenvalue weighted by Crippen LogP contribution is -2.35.